The number of rotatable bonds is 3. The highest BCUT2D eigenvalue weighted by molar-refractivity contribution is 5.76. The average Bonchev–Trinajstić information content (AvgIpc) is 1.83. The summed E-state index contributed by atoms with van der Waals surface area (Å²) < 4.78 is 4.98. The molecular weight excluding hydrogens is 118 g/mol. The summed E-state index contributed by atoms with van der Waals surface area (Å²) >= 11 is 0. The third-order valence-electron chi connectivity index (χ3n) is 0.827. The quantitative estimate of drug-likeness (QED) is 0.592. The minimum Gasteiger partial charge on any atom is -0.369 e. The molecule has 0 aliphatic heterocycles. The molecular formula is C6H13NO2. The van der Waals surface area contributed by atoms with Crippen LogP contribution >= 0.6 is 0 Å². The first-order valence-corrected chi connectivity index (χ1v) is 2.99. The van der Waals surface area contributed by atoms with E-state index in [1.54, 1.807) is 7.05 Å². The number of amides is 1. The van der Waals surface area contributed by atoms with Gasteiger partial charge in [0.25, 0.3) is 0 Å². The number of hydrogen-bond acceptors (Lipinski definition) is 2. The van der Waals surface area contributed by atoms with Gasteiger partial charge in [0, 0.05) is 7.05 Å². The van der Waals surface area contributed by atoms with Crippen molar-refractivity contribution in [2.45, 2.75) is 20.0 Å². The fraction of sp³-hybridized carbons (Fsp3) is 0.833. The van der Waals surface area contributed by atoms with E-state index in [4.69, 9.17) is 4.74 Å². The summed E-state index contributed by atoms with van der Waals surface area (Å²) in [4.78, 5) is 10.5. The van der Waals surface area contributed by atoms with Crippen molar-refractivity contribution in [2.24, 2.45) is 0 Å². The van der Waals surface area contributed by atoms with Gasteiger partial charge in [0.05, 0.1) is 6.10 Å². The molecule has 0 radical (unpaired) electrons. The van der Waals surface area contributed by atoms with E-state index in [1.165, 1.54) is 0 Å². The molecule has 0 aromatic rings. The number of nitrogens with one attached hydrogen (secondary N) is 1. The molecule has 0 aromatic heterocycles. The Morgan fingerprint density at radius 1 is 1.67 bits per heavy atom. The number of carbonyl (C=O) groups is 1. The van der Waals surface area contributed by atoms with Gasteiger partial charge in [0.2, 0.25) is 5.91 Å². The molecule has 54 valence electrons. The third-order valence-corrected chi connectivity index (χ3v) is 0.827. The normalized spacial score (nSPS) is 9.78. The lowest BCUT2D eigenvalue weighted by Crippen LogP contribution is -2.24. The van der Waals surface area contributed by atoms with Gasteiger partial charge >= 0.3 is 0 Å². The summed E-state index contributed by atoms with van der Waals surface area (Å²) in [7, 11) is 1.59. The zero-order chi connectivity index (χ0) is 7.28. The summed E-state index contributed by atoms with van der Waals surface area (Å²) in [5, 5.41) is 2.46. The molecule has 0 bridgehead atoms. The van der Waals surface area contributed by atoms with Crippen molar-refractivity contribution >= 4 is 5.91 Å². The van der Waals surface area contributed by atoms with Gasteiger partial charge in [-0.2, -0.15) is 0 Å². The van der Waals surface area contributed by atoms with Crippen molar-refractivity contribution in [3.8, 4) is 0 Å². The van der Waals surface area contributed by atoms with Crippen molar-refractivity contribution in [3.63, 3.8) is 0 Å². The summed E-state index contributed by atoms with van der Waals surface area (Å²) in [5.74, 6) is -0.0799. The Balaban J connectivity index is 3.17. The lowest BCUT2D eigenvalue weighted by atomic mass is 10.5. The van der Waals surface area contributed by atoms with Gasteiger partial charge in [-0.05, 0) is 13.8 Å². The highest BCUT2D eigenvalue weighted by Crippen LogP contribution is 1.84. The minimum absolute atomic E-state index is 0.0799. The molecule has 0 aliphatic rings. The zero-order valence-corrected chi connectivity index (χ0v) is 6.10. The average molecular weight is 131 g/mol. The number of likely N-dealkylation sites (N-methyl/N-ethyl adjacent to an activating group) is 1. The molecule has 0 saturated heterocycles. The molecule has 0 saturated carbocycles. The van der Waals surface area contributed by atoms with Gasteiger partial charge in [-0.1, -0.05) is 0 Å². The van der Waals surface area contributed by atoms with Crippen LogP contribution in [-0.2, 0) is 9.53 Å². The minimum atomic E-state index is -0.0799. The van der Waals surface area contributed by atoms with Gasteiger partial charge in [0.1, 0.15) is 6.61 Å². The van der Waals surface area contributed by atoms with Crippen molar-refractivity contribution < 1.29 is 9.53 Å². The van der Waals surface area contributed by atoms with Crippen LogP contribution in [0.5, 0.6) is 0 Å². The van der Waals surface area contributed by atoms with Crippen LogP contribution in [0.1, 0.15) is 13.8 Å². The van der Waals surface area contributed by atoms with Gasteiger partial charge in [-0.3, -0.25) is 4.79 Å². The van der Waals surface area contributed by atoms with Crippen LogP contribution in [0.25, 0.3) is 0 Å². The molecule has 0 unspecified atom stereocenters. The van der Waals surface area contributed by atoms with Crippen molar-refractivity contribution in [2.75, 3.05) is 13.7 Å². The lowest BCUT2D eigenvalue weighted by molar-refractivity contribution is -0.126. The molecule has 0 heterocycles. The smallest absolute Gasteiger partial charge is 0.245 e. The summed E-state index contributed by atoms with van der Waals surface area (Å²) in [6, 6.07) is 0. The zero-order valence-electron chi connectivity index (χ0n) is 6.10. The van der Waals surface area contributed by atoms with Gasteiger partial charge in [-0.15, -0.1) is 0 Å². The highest BCUT2D eigenvalue weighted by Gasteiger charge is 1.98. The Morgan fingerprint density at radius 2 is 2.22 bits per heavy atom. The Hall–Kier alpha value is -0.570. The predicted octanol–water partition coefficient (Wildman–Crippen LogP) is 0.157. The molecule has 3 heteroatoms. The molecule has 3 nitrogen and oxygen atoms in total. The number of carbonyl (C=O) groups excluding carboxylic acids is 1. The second kappa shape index (κ2) is 4.32. The van der Waals surface area contributed by atoms with Crippen molar-refractivity contribution in [3.05, 3.63) is 0 Å². The first-order valence-electron chi connectivity index (χ1n) is 2.99. The van der Waals surface area contributed by atoms with Crippen LogP contribution in [0, 0.1) is 0 Å². The SMILES string of the molecule is CNC(=O)COC(C)C. The predicted molar refractivity (Wildman–Crippen MR) is 35.2 cm³/mol. The lowest BCUT2D eigenvalue weighted by Gasteiger charge is -2.04. The second-order valence-electron chi connectivity index (χ2n) is 2.03. The van der Waals surface area contributed by atoms with Crippen LogP contribution in [0.15, 0.2) is 0 Å². The van der Waals surface area contributed by atoms with E-state index in [0.717, 1.165) is 0 Å². The molecule has 0 aromatic carbocycles. The van der Waals surface area contributed by atoms with Gasteiger partial charge in [0.15, 0.2) is 0 Å². The van der Waals surface area contributed by atoms with Gasteiger partial charge < -0.3 is 10.1 Å². The first-order chi connectivity index (χ1) is 4.16. The largest absolute Gasteiger partial charge is 0.369 e. The molecule has 9 heavy (non-hydrogen) atoms. The maximum Gasteiger partial charge on any atom is 0.245 e. The van der Waals surface area contributed by atoms with Crippen LogP contribution in [-0.4, -0.2) is 25.7 Å². The Labute approximate surface area is 55.4 Å². The van der Waals surface area contributed by atoms with E-state index < -0.39 is 0 Å². The molecule has 0 spiro atoms. The molecule has 0 fully saturated rings. The van der Waals surface area contributed by atoms with Crippen LogP contribution in [0.4, 0.5) is 0 Å². The van der Waals surface area contributed by atoms with Crippen molar-refractivity contribution in [1.82, 2.24) is 5.32 Å². The van der Waals surface area contributed by atoms with Crippen LogP contribution in [0.2, 0.25) is 0 Å². The van der Waals surface area contributed by atoms with E-state index in [1.807, 2.05) is 13.8 Å². The number of ether oxygens (including phenoxy) is 1. The first kappa shape index (κ1) is 8.43. The molecule has 1 N–H and O–H groups in total. The van der Waals surface area contributed by atoms with E-state index in [0.29, 0.717) is 0 Å². The molecule has 1 amide bonds. The van der Waals surface area contributed by atoms with E-state index in [9.17, 15) is 4.79 Å². The highest BCUT2D eigenvalue weighted by atomic mass is 16.5. The van der Waals surface area contributed by atoms with E-state index in [2.05, 4.69) is 5.32 Å². The maximum absolute atomic E-state index is 10.5. The fourth-order valence-electron chi connectivity index (χ4n) is 0.315. The monoisotopic (exact) mass is 131 g/mol. The summed E-state index contributed by atoms with van der Waals surface area (Å²) in [6.07, 6.45) is 0.127. The standard InChI is InChI=1S/C6H13NO2/c1-5(2)9-4-6(8)7-3/h5H,4H2,1-3H3,(H,7,8). The Morgan fingerprint density at radius 3 is 2.56 bits per heavy atom. The molecule has 0 atom stereocenters. The third kappa shape index (κ3) is 5.30. The fourth-order valence-corrected chi connectivity index (χ4v) is 0.315. The number of hydrogen-bond donors (Lipinski definition) is 1. The topological polar surface area (TPSA) is 38.3 Å². The Kier molecular flexibility index (Phi) is 4.05. The molecule has 0 aliphatic carbocycles. The molecule has 0 rings (SSSR count). The van der Waals surface area contributed by atoms with Crippen LogP contribution in [0.3, 0.4) is 0 Å². The van der Waals surface area contributed by atoms with E-state index >= 15 is 0 Å². The summed E-state index contributed by atoms with van der Waals surface area (Å²) in [5.41, 5.74) is 0. The second-order valence-corrected chi connectivity index (χ2v) is 2.03. The summed E-state index contributed by atoms with van der Waals surface area (Å²) in [6.45, 7) is 3.94. The van der Waals surface area contributed by atoms with Gasteiger partial charge in [-0.25, -0.2) is 0 Å². The van der Waals surface area contributed by atoms with Crippen molar-refractivity contribution in [1.29, 1.82) is 0 Å². The maximum atomic E-state index is 10.5. The Bertz CT molecular complexity index is 91.1. The van der Waals surface area contributed by atoms with Crippen LogP contribution < -0.4 is 5.32 Å². The van der Waals surface area contributed by atoms with E-state index in [-0.39, 0.29) is 18.6 Å².